The van der Waals surface area contributed by atoms with Crippen molar-refractivity contribution >= 4 is 23.5 Å². The number of hydrogen-bond donors (Lipinski definition) is 3. The first-order chi connectivity index (χ1) is 16.6. The van der Waals surface area contributed by atoms with Crippen LogP contribution in [0.1, 0.15) is 39.2 Å². The normalized spacial score (nSPS) is 17.0. The van der Waals surface area contributed by atoms with Crippen molar-refractivity contribution in [3.05, 3.63) is 48.4 Å². The molecule has 1 aliphatic heterocycles. The van der Waals surface area contributed by atoms with Crippen LogP contribution in [0, 0.1) is 5.92 Å². The number of benzene rings is 1. The minimum absolute atomic E-state index is 0.0245. The predicted molar refractivity (Wildman–Crippen MR) is 132 cm³/mol. The van der Waals surface area contributed by atoms with Gasteiger partial charge in [0.05, 0.1) is 25.1 Å². The molecule has 0 saturated carbocycles. The van der Waals surface area contributed by atoms with E-state index in [1.807, 2.05) is 35.2 Å². The third-order valence-corrected chi connectivity index (χ3v) is 5.82. The highest BCUT2D eigenvalue weighted by Gasteiger charge is 2.29. The van der Waals surface area contributed by atoms with Crippen molar-refractivity contribution in [1.82, 2.24) is 19.8 Å². The van der Waals surface area contributed by atoms with Crippen molar-refractivity contribution in [1.29, 1.82) is 0 Å². The average Bonchev–Trinajstić information content (AvgIpc) is 3.24. The number of hydrogen-bond acceptors (Lipinski definition) is 6. The van der Waals surface area contributed by atoms with E-state index in [9.17, 15) is 14.4 Å². The van der Waals surface area contributed by atoms with Gasteiger partial charge in [-0.2, -0.15) is 0 Å². The Morgan fingerprint density at radius 3 is 2.69 bits per heavy atom. The second kappa shape index (κ2) is 11.9. The number of nitrogens with two attached hydrogens (primary N) is 1. The highest BCUT2D eigenvalue weighted by Crippen LogP contribution is 2.16. The summed E-state index contributed by atoms with van der Waals surface area (Å²) in [6.45, 7) is 7.19. The maximum atomic E-state index is 13.0. The van der Waals surface area contributed by atoms with E-state index >= 15 is 0 Å². The van der Waals surface area contributed by atoms with Crippen LogP contribution in [0.4, 0.5) is 5.82 Å². The summed E-state index contributed by atoms with van der Waals surface area (Å²) in [7, 11) is 0. The first-order valence-corrected chi connectivity index (χ1v) is 11.9. The molecule has 4 N–H and O–H groups in total. The number of amides is 3. The molecule has 190 valence electrons. The Kier molecular flexibility index (Phi) is 9.00. The fourth-order valence-electron chi connectivity index (χ4n) is 3.79. The largest absolute Gasteiger partial charge is 0.374 e. The molecule has 0 aliphatic carbocycles. The fraction of sp³-hybridized carbons (Fsp3) is 0.520. The van der Waals surface area contributed by atoms with E-state index in [-0.39, 0.29) is 24.9 Å². The number of nitrogens with zero attached hydrogens (tertiary/aromatic N) is 3. The molecular formula is C25H36N6O4. The molecule has 2 atom stereocenters. The second-order valence-corrected chi connectivity index (χ2v) is 9.76. The van der Waals surface area contributed by atoms with Crippen LogP contribution < -0.4 is 16.4 Å². The molecule has 1 aliphatic rings. The van der Waals surface area contributed by atoms with E-state index < -0.39 is 23.4 Å². The molecule has 0 bridgehead atoms. The number of imidazole rings is 1. The van der Waals surface area contributed by atoms with Gasteiger partial charge in [0.25, 0.3) is 5.91 Å². The van der Waals surface area contributed by atoms with Gasteiger partial charge in [0.2, 0.25) is 11.8 Å². The van der Waals surface area contributed by atoms with Crippen molar-refractivity contribution in [2.24, 2.45) is 11.7 Å². The van der Waals surface area contributed by atoms with Crippen molar-refractivity contribution in [3.8, 4) is 0 Å². The van der Waals surface area contributed by atoms with Gasteiger partial charge in [-0.15, -0.1) is 0 Å². The van der Waals surface area contributed by atoms with E-state index in [1.54, 1.807) is 24.6 Å². The van der Waals surface area contributed by atoms with Crippen LogP contribution in [0.25, 0.3) is 0 Å². The van der Waals surface area contributed by atoms with Crippen molar-refractivity contribution in [2.45, 2.75) is 58.3 Å². The summed E-state index contributed by atoms with van der Waals surface area (Å²) < 4.78 is 7.33. The number of anilines is 1. The molecule has 3 amide bonds. The van der Waals surface area contributed by atoms with Gasteiger partial charge in [0.1, 0.15) is 12.6 Å². The van der Waals surface area contributed by atoms with E-state index in [2.05, 4.69) is 22.5 Å². The number of nitrogens with one attached hydrogen (secondary N) is 2. The molecule has 1 fully saturated rings. The summed E-state index contributed by atoms with van der Waals surface area (Å²) in [5, 5.41) is 5.35. The van der Waals surface area contributed by atoms with Crippen molar-refractivity contribution in [3.63, 3.8) is 0 Å². The topological polar surface area (TPSA) is 132 Å². The SMILES string of the molecule is CC1CCCN(C(=O)Cn2cnc(NC(=O)C(COCc3ccccc3)NC(=O)C(C)(C)N)c2)C1. The summed E-state index contributed by atoms with van der Waals surface area (Å²) in [5.41, 5.74) is 5.67. The number of rotatable bonds is 10. The zero-order valence-electron chi connectivity index (χ0n) is 20.7. The van der Waals surface area contributed by atoms with Gasteiger partial charge in [-0.3, -0.25) is 14.4 Å². The molecule has 10 nitrogen and oxygen atoms in total. The van der Waals surface area contributed by atoms with Crippen LogP contribution >= 0.6 is 0 Å². The average molecular weight is 485 g/mol. The summed E-state index contributed by atoms with van der Waals surface area (Å²) >= 11 is 0. The zero-order chi connectivity index (χ0) is 25.4. The minimum atomic E-state index is -1.16. The van der Waals surface area contributed by atoms with Crippen LogP contribution in [0.2, 0.25) is 0 Å². The Balaban J connectivity index is 1.58. The molecule has 1 saturated heterocycles. The quantitative estimate of drug-likeness (QED) is 0.469. The predicted octanol–water partition coefficient (Wildman–Crippen LogP) is 1.52. The Morgan fingerprint density at radius 1 is 1.26 bits per heavy atom. The lowest BCUT2D eigenvalue weighted by Gasteiger charge is -2.31. The molecule has 2 unspecified atom stereocenters. The van der Waals surface area contributed by atoms with Gasteiger partial charge < -0.3 is 30.6 Å². The molecule has 10 heteroatoms. The smallest absolute Gasteiger partial charge is 0.250 e. The van der Waals surface area contributed by atoms with E-state index in [1.165, 1.54) is 6.33 Å². The van der Waals surface area contributed by atoms with Gasteiger partial charge in [-0.1, -0.05) is 37.3 Å². The maximum absolute atomic E-state index is 13.0. The highest BCUT2D eigenvalue weighted by atomic mass is 16.5. The number of carbonyl (C=O) groups excluding carboxylic acids is 3. The summed E-state index contributed by atoms with van der Waals surface area (Å²) in [6.07, 6.45) is 5.25. The van der Waals surface area contributed by atoms with Gasteiger partial charge >= 0.3 is 0 Å². The maximum Gasteiger partial charge on any atom is 0.250 e. The molecule has 2 heterocycles. The first-order valence-electron chi connectivity index (χ1n) is 11.9. The van der Waals surface area contributed by atoms with Crippen molar-refractivity contribution in [2.75, 3.05) is 25.0 Å². The third-order valence-electron chi connectivity index (χ3n) is 5.82. The molecule has 1 aromatic heterocycles. The number of aromatic nitrogens is 2. The Bertz CT molecular complexity index is 1000. The van der Waals surface area contributed by atoms with Gasteiger partial charge in [-0.05, 0) is 38.2 Å². The van der Waals surface area contributed by atoms with Gasteiger partial charge in [0, 0.05) is 19.3 Å². The highest BCUT2D eigenvalue weighted by molar-refractivity contribution is 5.98. The number of carbonyl (C=O) groups is 3. The standard InChI is InChI=1S/C25H36N6O4/c1-18-8-7-11-31(12-18)22(32)14-30-13-21(27-17-30)29-23(33)20(28-24(34)25(2,3)26)16-35-15-19-9-5-4-6-10-19/h4-6,9-10,13,17-18,20H,7-8,11-12,14-16,26H2,1-3H3,(H,28,34)(H,29,33). The van der Waals surface area contributed by atoms with Crippen LogP contribution in [-0.4, -0.2) is 63.4 Å². The van der Waals surface area contributed by atoms with Gasteiger partial charge in [-0.25, -0.2) is 4.98 Å². The minimum Gasteiger partial charge on any atom is -0.374 e. The molecule has 2 aromatic rings. The molecular weight excluding hydrogens is 448 g/mol. The van der Waals surface area contributed by atoms with E-state index in [4.69, 9.17) is 10.5 Å². The number of ether oxygens (including phenoxy) is 1. The van der Waals surface area contributed by atoms with Crippen molar-refractivity contribution < 1.29 is 19.1 Å². The third kappa shape index (κ3) is 8.18. The second-order valence-electron chi connectivity index (χ2n) is 9.76. The lowest BCUT2D eigenvalue weighted by Crippen LogP contribution is -2.56. The van der Waals surface area contributed by atoms with E-state index in [0.29, 0.717) is 12.5 Å². The molecule has 0 spiro atoms. The molecule has 35 heavy (non-hydrogen) atoms. The first kappa shape index (κ1) is 26.4. The Morgan fingerprint density at radius 2 is 2.00 bits per heavy atom. The number of likely N-dealkylation sites (tertiary alicyclic amines) is 1. The van der Waals surface area contributed by atoms with Crippen LogP contribution in [0.15, 0.2) is 42.9 Å². The molecule has 3 rings (SSSR count). The Labute approximate surface area is 206 Å². The van der Waals surface area contributed by atoms with Crippen LogP contribution in [-0.2, 0) is 32.3 Å². The zero-order valence-corrected chi connectivity index (χ0v) is 20.7. The molecule has 0 radical (unpaired) electrons. The van der Waals surface area contributed by atoms with E-state index in [0.717, 1.165) is 31.5 Å². The molecule has 1 aromatic carbocycles. The monoisotopic (exact) mass is 484 g/mol. The lowest BCUT2D eigenvalue weighted by molar-refractivity contribution is -0.133. The summed E-state index contributed by atoms with van der Waals surface area (Å²) in [6, 6.07) is 8.55. The lowest BCUT2D eigenvalue weighted by atomic mass is 10.0. The van der Waals surface area contributed by atoms with Crippen LogP contribution in [0.5, 0.6) is 0 Å². The van der Waals surface area contributed by atoms with Crippen LogP contribution in [0.3, 0.4) is 0 Å². The fourth-order valence-corrected chi connectivity index (χ4v) is 3.79. The summed E-state index contributed by atoms with van der Waals surface area (Å²) in [5.74, 6) is -0.161. The summed E-state index contributed by atoms with van der Waals surface area (Å²) in [4.78, 5) is 44.1. The number of piperidine rings is 1. The van der Waals surface area contributed by atoms with Gasteiger partial charge in [0.15, 0.2) is 5.82 Å². The Hall–Kier alpha value is -3.24.